The minimum atomic E-state index is -0.224. The molecule has 0 fully saturated rings. The highest BCUT2D eigenvalue weighted by Gasteiger charge is 2.06. The summed E-state index contributed by atoms with van der Waals surface area (Å²) in [5.41, 5.74) is 1.56. The molecule has 19 heavy (non-hydrogen) atoms. The van der Waals surface area contributed by atoms with E-state index in [1.165, 1.54) is 12.1 Å². The van der Waals surface area contributed by atoms with Crippen LogP contribution in [0.25, 0.3) is 0 Å². The molecule has 0 aliphatic heterocycles. The third-order valence-electron chi connectivity index (χ3n) is 2.62. The second-order valence-corrected chi connectivity index (χ2v) is 4.14. The predicted octanol–water partition coefficient (Wildman–Crippen LogP) is 1.35. The summed E-state index contributed by atoms with van der Waals surface area (Å²) in [6, 6.07) is 8.01. The summed E-state index contributed by atoms with van der Waals surface area (Å²) in [5, 5.41) is 21.3. The van der Waals surface area contributed by atoms with Crippen molar-refractivity contribution in [2.24, 2.45) is 0 Å². The second kappa shape index (κ2) is 5.86. The normalized spacial score (nSPS) is 10.1. The first-order valence-corrected chi connectivity index (χ1v) is 5.81. The number of nitrogens with one attached hydrogen (secondary N) is 1. The van der Waals surface area contributed by atoms with E-state index in [1.807, 2.05) is 6.07 Å². The van der Waals surface area contributed by atoms with Crippen LogP contribution in [0.5, 0.6) is 11.5 Å². The molecule has 0 aliphatic carbocycles. The lowest BCUT2D eigenvalue weighted by Gasteiger charge is -2.06. The van der Waals surface area contributed by atoms with Crippen molar-refractivity contribution in [3.8, 4) is 11.5 Å². The van der Waals surface area contributed by atoms with Gasteiger partial charge in [0, 0.05) is 18.9 Å². The van der Waals surface area contributed by atoms with Gasteiger partial charge in [0.1, 0.15) is 0 Å². The molecule has 1 aromatic heterocycles. The number of carbonyl (C=O) groups is 1. The number of aromatic hydroxyl groups is 2. The fourth-order valence-corrected chi connectivity index (χ4v) is 1.63. The van der Waals surface area contributed by atoms with Crippen LogP contribution < -0.4 is 5.32 Å². The van der Waals surface area contributed by atoms with E-state index in [4.69, 9.17) is 0 Å². The minimum Gasteiger partial charge on any atom is -0.504 e. The van der Waals surface area contributed by atoms with Gasteiger partial charge in [0.05, 0.1) is 6.42 Å². The minimum absolute atomic E-state index is 0.147. The van der Waals surface area contributed by atoms with Crippen molar-refractivity contribution in [1.82, 2.24) is 10.3 Å². The van der Waals surface area contributed by atoms with Gasteiger partial charge in [0.25, 0.3) is 0 Å². The molecule has 0 aliphatic rings. The van der Waals surface area contributed by atoms with Crippen molar-refractivity contribution in [2.75, 3.05) is 0 Å². The SMILES string of the molecule is O=C(Cc1ccc(O)c(O)c1)NCc1cccnc1. The molecule has 1 amide bonds. The summed E-state index contributed by atoms with van der Waals surface area (Å²) >= 11 is 0. The third-order valence-corrected chi connectivity index (χ3v) is 2.62. The Hall–Kier alpha value is -2.56. The predicted molar refractivity (Wildman–Crippen MR) is 69.6 cm³/mol. The summed E-state index contributed by atoms with van der Waals surface area (Å²) in [6.07, 6.45) is 3.51. The molecule has 0 bridgehead atoms. The highest BCUT2D eigenvalue weighted by molar-refractivity contribution is 5.78. The van der Waals surface area contributed by atoms with Gasteiger partial charge in [-0.1, -0.05) is 12.1 Å². The van der Waals surface area contributed by atoms with Gasteiger partial charge in [0.2, 0.25) is 5.91 Å². The van der Waals surface area contributed by atoms with Crippen LogP contribution in [0.1, 0.15) is 11.1 Å². The average Bonchev–Trinajstić information content (AvgIpc) is 2.42. The Morgan fingerprint density at radius 1 is 1.16 bits per heavy atom. The quantitative estimate of drug-likeness (QED) is 0.723. The molecule has 0 radical (unpaired) electrons. The van der Waals surface area contributed by atoms with Gasteiger partial charge in [-0.25, -0.2) is 0 Å². The molecule has 2 aromatic rings. The van der Waals surface area contributed by atoms with Crippen molar-refractivity contribution in [3.05, 3.63) is 53.9 Å². The molecule has 1 aromatic carbocycles. The number of carbonyl (C=O) groups excluding carboxylic acids is 1. The molecule has 0 atom stereocenters. The van der Waals surface area contributed by atoms with Crippen molar-refractivity contribution in [2.45, 2.75) is 13.0 Å². The van der Waals surface area contributed by atoms with E-state index in [1.54, 1.807) is 24.5 Å². The highest BCUT2D eigenvalue weighted by Crippen LogP contribution is 2.24. The lowest BCUT2D eigenvalue weighted by Crippen LogP contribution is -2.24. The third kappa shape index (κ3) is 3.70. The molecule has 3 N–H and O–H groups in total. The number of benzene rings is 1. The molecule has 0 spiro atoms. The van der Waals surface area contributed by atoms with Crippen molar-refractivity contribution in [3.63, 3.8) is 0 Å². The average molecular weight is 258 g/mol. The van der Waals surface area contributed by atoms with Gasteiger partial charge in [-0.05, 0) is 29.3 Å². The molecule has 0 saturated heterocycles. The standard InChI is InChI=1S/C14H14N2O3/c17-12-4-3-10(6-13(12)18)7-14(19)16-9-11-2-1-5-15-8-11/h1-6,8,17-18H,7,9H2,(H,16,19). The fraction of sp³-hybridized carbons (Fsp3) is 0.143. The van der Waals surface area contributed by atoms with Crippen LogP contribution >= 0.6 is 0 Å². The molecule has 0 saturated carbocycles. The molecular formula is C14H14N2O3. The lowest BCUT2D eigenvalue weighted by atomic mass is 10.1. The first-order valence-electron chi connectivity index (χ1n) is 5.81. The van der Waals surface area contributed by atoms with Crippen LogP contribution in [0.3, 0.4) is 0 Å². The summed E-state index contributed by atoms with van der Waals surface area (Å²) < 4.78 is 0. The van der Waals surface area contributed by atoms with E-state index in [9.17, 15) is 15.0 Å². The Balaban J connectivity index is 1.89. The molecule has 5 heteroatoms. The summed E-state index contributed by atoms with van der Waals surface area (Å²) in [7, 11) is 0. The molecule has 5 nitrogen and oxygen atoms in total. The maximum atomic E-state index is 11.7. The Morgan fingerprint density at radius 2 is 2.00 bits per heavy atom. The Labute approximate surface area is 110 Å². The maximum absolute atomic E-state index is 11.7. The van der Waals surface area contributed by atoms with E-state index in [0.29, 0.717) is 12.1 Å². The number of hydrogen-bond donors (Lipinski definition) is 3. The van der Waals surface area contributed by atoms with Crippen LogP contribution in [-0.2, 0) is 17.8 Å². The van der Waals surface area contributed by atoms with Gasteiger partial charge in [0.15, 0.2) is 11.5 Å². The number of phenolic OH excluding ortho intramolecular Hbond substituents is 2. The zero-order valence-corrected chi connectivity index (χ0v) is 10.2. The monoisotopic (exact) mass is 258 g/mol. The van der Waals surface area contributed by atoms with Crippen LogP contribution in [0, 0.1) is 0 Å². The summed E-state index contributed by atoms with van der Waals surface area (Å²) in [6.45, 7) is 0.413. The van der Waals surface area contributed by atoms with Crippen LogP contribution in [0.2, 0.25) is 0 Å². The van der Waals surface area contributed by atoms with Gasteiger partial charge < -0.3 is 15.5 Å². The smallest absolute Gasteiger partial charge is 0.224 e. The van der Waals surface area contributed by atoms with Crippen molar-refractivity contribution >= 4 is 5.91 Å². The van der Waals surface area contributed by atoms with Crippen molar-refractivity contribution in [1.29, 1.82) is 0 Å². The van der Waals surface area contributed by atoms with E-state index in [2.05, 4.69) is 10.3 Å². The maximum Gasteiger partial charge on any atom is 0.224 e. The number of phenols is 2. The molecule has 1 heterocycles. The van der Waals surface area contributed by atoms with E-state index in [-0.39, 0.29) is 23.8 Å². The molecule has 0 unspecified atom stereocenters. The van der Waals surface area contributed by atoms with E-state index in [0.717, 1.165) is 5.56 Å². The largest absolute Gasteiger partial charge is 0.504 e. The van der Waals surface area contributed by atoms with Crippen molar-refractivity contribution < 1.29 is 15.0 Å². The number of aromatic nitrogens is 1. The molecule has 2 rings (SSSR count). The first kappa shape index (κ1) is 12.9. The highest BCUT2D eigenvalue weighted by atomic mass is 16.3. The van der Waals surface area contributed by atoms with Gasteiger partial charge >= 0.3 is 0 Å². The summed E-state index contributed by atoms with van der Waals surface area (Å²) in [5.74, 6) is -0.578. The second-order valence-electron chi connectivity index (χ2n) is 4.14. The van der Waals surface area contributed by atoms with E-state index < -0.39 is 0 Å². The topological polar surface area (TPSA) is 82.5 Å². The number of pyridine rings is 1. The van der Waals surface area contributed by atoms with Gasteiger partial charge in [-0.2, -0.15) is 0 Å². The van der Waals surface area contributed by atoms with Crippen LogP contribution in [0.4, 0.5) is 0 Å². The zero-order chi connectivity index (χ0) is 13.7. The number of nitrogens with zero attached hydrogens (tertiary/aromatic N) is 1. The van der Waals surface area contributed by atoms with Gasteiger partial charge in [-0.3, -0.25) is 9.78 Å². The number of rotatable bonds is 4. The van der Waals surface area contributed by atoms with Crippen LogP contribution in [0.15, 0.2) is 42.7 Å². The number of hydrogen-bond acceptors (Lipinski definition) is 4. The van der Waals surface area contributed by atoms with Gasteiger partial charge in [-0.15, -0.1) is 0 Å². The fourth-order valence-electron chi connectivity index (χ4n) is 1.63. The number of amides is 1. The lowest BCUT2D eigenvalue weighted by molar-refractivity contribution is -0.120. The Bertz CT molecular complexity index is 570. The van der Waals surface area contributed by atoms with Crippen LogP contribution in [-0.4, -0.2) is 21.1 Å². The molecular weight excluding hydrogens is 244 g/mol. The van der Waals surface area contributed by atoms with E-state index >= 15 is 0 Å². The zero-order valence-electron chi connectivity index (χ0n) is 10.2. The first-order chi connectivity index (χ1) is 9.15. The summed E-state index contributed by atoms with van der Waals surface area (Å²) in [4.78, 5) is 15.7. The Morgan fingerprint density at radius 3 is 2.68 bits per heavy atom. The molecule has 98 valence electrons. The Kier molecular flexibility index (Phi) is 3.97.